The van der Waals surface area contributed by atoms with E-state index in [1.165, 1.54) is 6.07 Å². The minimum Gasteiger partial charge on any atom is -0.477 e. The Balaban J connectivity index is 0.00000121. The Morgan fingerprint density at radius 1 is 1.58 bits per heavy atom. The Bertz CT molecular complexity index is 276. The Morgan fingerprint density at radius 2 is 2.25 bits per heavy atom. The maximum Gasteiger partial charge on any atom is 0.354 e. The Labute approximate surface area is 83.6 Å². The molecule has 0 spiro atoms. The summed E-state index contributed by atoms with van der Waals surface area (Å²) in [6.45, 7) is 1.94. The van der Waals surface area contributed by atoms with Crippen molar-refractivity contribution in [3.63, 3.8) is 0 Å². The number of aromatic nitrogens is 1. The predicted molar refractivity (Wildman–Crippen MR) is 40.6 cm³/mol. The molecule has 1 rings (SSSR count). The third kappa shape index (κ3) is 2.70. The summed E-state index contributed by atoms with van der Waals surface area (Å²) in [5.41, 5.74) is 0.925. The van der Waals surface area contributed by atoms with E-state index in [0.29, 0.717) is 0 Å². The number of aryl methyl sites for hydroxylation is 1. The van der Waals surface area contributed by atoms with E-state index in [2.05, 4.69) is 4.98 Å². The molecule has 0 aliphatic carbocycles. The zero-order valence-corrected chi connectivity index (χ0v) is 8.21. The number of carbonyl (C=O) groups is 1. The Morgan fingerprint density at radius 3 is 2.75 bits per heavy atom. The maximum absolute atomic E-state index is 10.4. The molecule has 0 aliphatic heterocycles. The molecule has 12 heavy (non-hydrogen) atoms. The summed E-state index contributed by atoms with van der Waals surface area (Å²) in [6.07, 6.45) is 0.765. The van der Waals surface area contributed by atoms with Gasteiger partial charge >= 0.3 is 5.97 Å². The van der Waals surface area contributed by atoms with Crippen LogP contribution in [0.1, 0.15) is 23.1 Å². The molecule has 3 nitrogen and oxygen atoms in total. The molecule has 1 aromatic heterocycles. The quantitative estimate of drug-likeness (QED) is 0.810. The SMILES string of the molecule is CCc1cccc(C(=O)O)n1.[Rh]. The van der Waals surface area contributed by atoms with Gasteiger partial charge in [0.15, 0.2) is 0 Å². The largest absolute Gasteiger partial charge is 0.477 e. The van der Waals surface area contributed by atoms with E-state index in [1.54, 1.807) is 6.07 Å². The van der Waals surface area contributed by atoms with E-state index in [1.807, 2.05) is 13.0 Å². The number of aromatic carboxylic acids is 1. The molecule has 0 unspecified atom stereocenters. The van der Waals surface area contributed by atoms with Gasteiger partial charge in [0.05, 0.1) is 0 Å². The number of carboxylic acid groups (broad SMARTS) is 1. The maximum atomic E-state index is 10.4. The molecule has 0 bridgehead atoms. The first-order chi connectivity index (χ1) is 5.24. The standard InChI is InChI=1S/C8H9NO2.Rh/c1-2-6-4-3-5-7(9-6)8(10)11;/h3-5H,2H2,1H3,(H,10,11);. The minimum absolute atomic E-state index is 0. The van der Waals surface area contributed by atoms with Crippen molar-refractivity contribution < 1.29 is 29.4 Å². The zero-order chi connectivity index (χ0) is 8.27. The Hall–Kier alpha value is -0.757. The van der Waals surface area contributed by atoms with Gasteiger partial charge in [-0.3, -0.25) is 0 Å². The molecule has 1 radical (unpaired) electrons. The molecule has 0 amide bonds. The summed E-state index contributed by atoms with van der Waals surface area (Å²) in [6, 6.07) is 5.00. The number of nitrogens with zero attached hydrogens (tertiary/aromatic N) is 1. The van der Waals surface area contributed by atoms with E-state index in [9.17, 15) is 4.79 Å². The van der Waals surface area contributed by atoms with Crippen molar-refractivity contribution in [3.05, 3.63) is 29.6 Å². The summed E-state index contributed by atoms with van der Waals surface area (Å²) >= 11 is 0. The smallest absolute Gasteiger partial charge is 0.354 e. The van der Waals surface area contributed by atoms with Gasteiger partial charge in [0.25, 0.3) is 0 Å². The van der Waals surface area contributed by atoms with Crippen LogP contribution in [0.15, 0.2) is 18.2 Å². The van der Waals surface area contributed by atoms with Gasteiger partial charge in [-0.2, -0.15) is 0 Å². The molecular formula is C8H9NO2Rh. The van der Waals surface area contributed by atoms with Crippen molar-refractivity contribution >= 4 is 5.97 Å². The second kappa shape index (κ2) is 4.99. The fourth-order valence-electron chi connectivity index (χ4n) is 0.796. The number of pyridine rings is 1. The minimum atomic E-state index is -0.972. The van der Waals surface area contributed by atoms with Gasteiger partial charge in [0.1, 0.15) is 5.69 Å². The van der Waals surface area contributed by atoms with E-state index in [4.69, 9.17) is 5.11 Å². The van der Waals surface area contributed by atoms with Crippen molar-refractivity contribution in [2.45, 2.75) is 13.3 Å². The van der Waals surface area contributed by atoms with E-state index < -0.39 is 5.97 Å². The van der Waals surface area contributed by atoms with Gasteiger partial charge in [-0.25, -0.2) is 9.78 Å². The Kier molecular flexibility index (Phi) is 4.68. The topological polar surface area (TPSA) is 50.2 Å². The first-order valence-electron chi connectivity index (χ1n) is 3.43. The van der Waals surface area contributed by atoms with Gasteiger partial charge in [0.2, 0.25) is 0 Å². The molecular weight excluding hydrogens is 245 g/mol. The van der Waals surface area contributed by atoms with Crippen LogP contribution in [0.4, 0.5) is 0 Å². The van der Waals surface area contributed by atoms with E-state index in [0.717, 1.165) is 12.1 Å². The van der Waals surface area contributed by atoms with Crippen LogP contribution in [0.3, 0.4) is 0 Å². The van der Waals surface area contributed by atoms with Crippen LogP contribution < -0.4 is 0 Å². The zero-order valence-electron chi connectivity index (χ0n) is 6.58. The predicted octanol–water partition coefficient (Wildman–Crippen LogP) is 1.34. The molecule has 0 atom stereocenters. The van der Waals surface area contributed by atoms with Crippen molar-refractivity contribution in [2.75, 3.05) is 0 Å². The van der Waals surface area contributed by atoms with Gasteiger partial charge in [-0.05, 0) is 18.6 Å². The average molecular weight is 254 g/mol. The molecule has 4 heteroatoms. The van der Waals surface area contributed by atoms with Crippen molar-refractivity contribution in [1.29, 1.82) is 0 Å². The average Bonchev–Trinajstić information content (AvgIpc) is 2.05. The molecule has 1 N–H and O–H groups in total. The molecule has 0 aliphatic rings. The summed E-state index contributed by atoms with van der Waals surface area (Å²) in [5, 5.41) is 8.54. The van der Waals surface area contributed by atoms with Crippen molar-refractivity contribution in [2.24, 2.45) is 0 Å². The summed E-state index contributed by atoms with van der Waals surface area (Å²) < 4.78 is 0. The van der Waals surface area contributed by atoms with Crippen molar-refractivity contribution in [1.82, 2.24) is 4.98 Å². The van der Waals surface area contributed by atoms with Gasteiger partial charge < -0.3 is 5.11 Å². The van der Waals surface area contributed by atoms with E-state index in [-0.39, 0.29) is 25.2 Å². The molecule has 1 aromatic rings. The second-order valence-electron chi connectivity index (χ2n) is 2.17. The molecule has 67 valence electrons. The first-order valence-corrected chi connectivity index (χ1v) is 3.43. The van der Waals surface area contributed by atoms with Gasteiger partial charge in [-0.1, -0.05) is 13.0 Å². The van der Waals surface area contributed by atoms with E-state index >= 15 is 0 Å². The number of hydrogen-bond donors (Lipinski definition) is 1. The summed E-state index contributed by atoms with van der Waals surface area (Å²) in [4.78, 5) is 14.3. The van der Waals surface area contributed by atoms with Crippen LogP contribution in [0.5, 0.6) is 0 Å². The first kappa shape index (κ1) is 11.2. The number of rotatable bonds is 2. The van der Waals surface area contributed by atoms with Gasteiger partial charge in [-0.15, -0.1) is 0 Å². The van der Waals surface area contributed by atoms with Crippen LogP contribution in [-0.4, -0.2) is 16.1 Å². The van der Waals surface area contributed by atoms with Crippen molar-refractivity contribution in [3.8, 4) is 0 Å². The molecule has 0 aromatic carbocycles. The van der Waals surface area contributed by atoms with Crippen LogP contribution in [0.25, 0.3) is 0 Å². The number of hydrogen-bond acceptors (Lipinski definition) is 2. The molecule has 0 fully saturated rings. The normalized spacial score (nSPS) is 8.75. The van der Waals surface area contributed by atoms with Gasteiger partial charge in [0, 0.05) is 25.2 Å². The third-order valence-corrected chi connectivity index (χ3v) is 1.39. The molecule has 0 saturated heterocycles. The fraction of sp³-hybridized carbons (Fsp3) is 0.250. The molecule has 0 saturated carbocycles. The fourth-order valence-corrected chi connectivity index (χ4v) is 0.796. The molecule has 1 heterocycles. The third-order valence-electron chi connectivity index (χ3n) is 1.39. The monoisotopic (exact) mass is 254 g/mol. The summed E-state index contributed by atoms with van der Waals surface area (Å²) in [7, 11) is 0. The van der Waals surface area contributed by atoms with Crippen LogP contribution in [-0.2, 0) is 25.9 Å². The van der Waals surface area contributed by atoms with Crippen LogP contribution in [0.2, 0.25) is 0 Å². The van der Waals surface area contributed by atoms with Crippen LogP contribution >= 0.6 is 0 Å². The number of carboxylic acids is 1. The second-order valence-corrected chi connectivity index (χ2v) is 2.17. The van der Waals surface area contributed by atoms with Crippen LogP contribution in [0, 0.1) is 0 Å². The summed E-state index contributed by atoms with van der Waals surface area (Å²) in [5.74, 6) is -0.972.